The van der Waals surface area contributed by atoms with Gasteiger partial charge in [0.25, 0.3) is 0 Å². The van der Waals surface area contributed by atoms with Gasteiger partial charge in [-0.15, -0.1) is 11.6 Å². The van der Waals surface area contributed by atoms with E-state index in [0.717, 1.165) is 19.6 Å². The van der Waals surface area contributed by atoms with E-state index in [9.17, 15) is 0 Å². The van der Waals surface area contributed by atoms with E-state index in [0.29, 0.717) is 5.92 Å². The quantitative estimate of drug-likeness (QED) is 0.499. The van der Waals surface area contributed by atoms with Crippen molar-refractivity contribution >= 4 is 11.6 Å². The summed E-state index contributed by atoms with van der Waals surface area (Å²) >= 11 is 6.29. The molecular weight excluding hydrogens is 196 g/mol. The Balaban J connectivity index is 3.47. The van der Waals surface area contributed by atoms with Gasteiger partial charge in [0.1, 0.15) is 0 Å². The van der Waals surface area contributed by atoms with Gasteiger partial charge in [0, 0.05) is 25.0 Å². The van der Waals surface area contributed by atoms with E-state index in [1.165, 1.54) is 12.8 Å². The molecular formula is C11H25ClN2. The first-order chi connectivity index (χ1) is 6.61. The molecule has 0 amide bonds. The molecule has 14 heavy (non-hydrogen) atoms. The summed E-state index contributed by atoms with van der Waals surface area (Å²) < 4.78 is 0. The maximum absolute atomic E-state index is 6.29. The maximum atomic E-state index is 6.29. The van der Waals surface area contributed by atoms with Crippen LogP contribution in [0.25, 0.3) is 0 Å². The summed E-state index contributed by atoms with van der Waals surface area (Å²) in [5, 5.41) is 3.68. The van der Waals surface area contributed by atoms with Crippen LogP contribution in [0, 0.1) is 5.92 Å². The molecule has 86 valence electrons. The summed E-state index contributed by atoms with van der Waals surface area (Å²) in [6.45, 7) is 7.46. The number of hydrogen-bond donors (Lipinski definition) is 1. The molecule has 0 saturated carbocycles. The Morgan fingerprint density at radius 1 is 1.21 bits per heavy atom. The van der Waals surface area contributed by atoms with Gasteiger partial charge < -0.3 is 10.2 Å². The fourth-order valence-electron chi connectivity index (χ4n) is 1.51. The number of hydrogen-bond acceptors (Lipinski definition) is 2. The predicted molar refractivity (Wildman–Crippen MR) is 65.1 cm³/mol. The zero-order chi connectivity index (χ0) is 11.0. The van der Waals surface area contributed by atoms with Crippen LogP contribution in [0.2, 0.25) is 0 Å². The molecule has 0 saturated heterocycles. The molecule has 0 bridgehead atoms. The van der Waals surface area contributed by atoms with Crippen LogP contribution in [0.3, 0.4) is 0 Å². The molecule has 2 nitrogen and oxygen atoms in total. The second-order valence-electron chi connectivity index (χ2n) is 4.10. The third-order valence-electron chi connectivity index (χ3n) is 2.64. The number of nitrogens with one attached hydrogen (secondary N) is 1. The highest BCUT2D eigenvalue weighted by Crippen LogP contribution is 2.17. The van der Waals surface area contributed by atoms with Crippen molar-refractivity contribution in [2.45, 2.75) is 32.1 Å². The highest BCUT2D eigenvalue weighted by atomic mass is 35.5. The lowest BCUT2D eigenvalue weighted by Crippen LogP contribution is -2.33. The van der Waals surface area contributed by atoms with Gasteiger partial charge in [-0.05, 0) is 20.0 Å². The van der Waals surface area contributed by atoms with Crippen molar-refractivity contribution in [2.75, 3.05) is 33.7 Å². The first-order valence-corrected chi connectivity index (χ1v) is 6.04. The van der Waals surface area contributed by atoms with Gasteiger partial charge >= 0.3 is 0 Å². The van der Waals surface area contributed by atoms with Crippen molar-refractivity contribution in [3.8, 4) is 0 Å². The number of nitrogens with zero attached hydrogens (tertiary/aromatic N) is 1. The Labute approximate surface area is 94.0 Å². The summed E-state index contributed by atoms with van der Waals surface area (Å²) in [6.07, 6.45) is 2.36. The summed E-state index contributed by atoms with van der Waals surface area (Å²) in [7, 11) is 4.17. The maximum Gasteiger partial charge on any atom is 0.0488 e. The van der Waals surface area contributed by atoms with Gasteiger partial charge in [-0.3, -0.25) is 0 Å². The first kappa shape index (κ1) is 14.2. The second kappa shape index (κ2) is 8.51. The Kier molecular flexibility index (Phi) is 8.64. The van der Waals surface area contributed by atoms with Crippen molar-refractivity contribution in [3.05, 3.63) is 0 Å². The van der Waals surface area contributed by atoms with E-state index in [1.54, 1.807) is 0 Å². The highest BCUT2D eigenvalue weighted by Gasteiger charge is 2.14. The average Bonchev–Trinajstić information content (AvgIpc) is 2.14. The lowest BCUT2D eigenvalue weighted by Gasteiger charge is -2.20. The van der Waals surface area contributed by atoms with E-state index in [4.69, 9.17) is 11.6 Å². The molecule has 1 N–H and O–H groups in total. The SMILES string of the molecule is CCC(CC)C(Cl)CNCCN(C)C. The molecule has 0 aliphatic carbocycles. The molecule has 0 aromatic heterocycles. The molecule has 0 aromatic carbocycles. The number of alkyl halides is 1. The zero-order valence-electron chi connectivity index (χ0n) is 10.0. The second-order valence-corrected chi connectivity index (χ2v) is 4.66. The van der Waals surface area contributed by atoms with E-state index < -0.39 is 0 Å². The van der Waals surface area contributed by atoms with Crippen molar-refractivity contribution in [1.82, 2.24) is 10.2 Å². The highest BCUT2D eigenvalue weighted by molar-refractivity contribution is 6.21. The van der Waals surface area contributed by atoms with Gasteiger partial charge in [-0.1, -0.05) is 26.7 Å². The third kappa shape index (κ3) is 6.63. The normalized spacial score (nSPS) is 13.9. The van der Waals surface area contributed by atoms with Crippen LogP contribution in [0.15, 0.2) is 0 Å². The minimum absolute atomic E-state index is 0.284. The minimum Gasteiger partial charge on any atom is -0.314 e. The molecule has 0 heterocycles. The zero-order valence-corrected chi connectivity index (χ0v) is 10.8. The monoisotopic (exact) mass is 220 g/mol. The number of likely N-dealkylation sites (N-methyl/N-ethyl adjacent to an activating group) is 1. The van der Waals surface area contributed by atoms with Crippen LogP contribution < -0.4 is 5.32 Å². The smallest absolute Gasteiger partial charge is 0.0488 e. The molecule has 3 heteroatoms. The van der Waals surface area contributed by atoms with Crippen molar-refractivity contribution in [2.24, 2.45) is 5.92 Å². The van der Waals surface area contributed by atoms with Gasteiger partial charge in [-0.2, -0.15) is 0 Å². The minimum atomic E-state index is 0.284. The topological polar surface area (TPSA) is 15.3 Å². The van der Waals surface area contributed by atoms with Crippen molar-refractivity contribution in [3.63, 3.8) is 0 Å². The molecule has 1 unspecified atom stereocenters. The lowest BCUT2D eigenvalue weighted by atomic mass is 9.99. The van der Waals surface area contributed by atoms with E-state index in [2.05, 4.69) is 38.2 Å². The molecule has 0 aliphatic rings. The van der Waals surface area contributed by atoms with Gasteiger partial charge in [0.2, 0.25) is 0 Å². The molecule has 0 radical (unpaired) electrons. The van der Waals surface area contributed by atoms with E-state index >= 15 is 0 Å². The van der Waals surface area contributed by atoms with Gasteiger partial charge in [0.05, 0.1) is 0 Å². The number of rotatable bonds is 8. The predicted octanol–water partition coefficient (Wildman–Crippen LogP) is 2.18. The first-order valence-electron chi connectivity index (χ1n) is 5.61. The Morgan fingerprint density at radius 2 is 1.79 bits per heavy atom. The van der Waals surface area contributed by atoms with Crippen LogP contribution in [0.1, 0.15) is 26.7 Å². The molecule has 0 aromatic rings. The fraction of sp³-hybridized carbons (Fsp3) is 1.00. The van der Waals surface area contributed by atoms with Gasteiger partial charge in [0.15, 0.2) is 0 Å². The van der Waals surface area contributed by atoms with Crippen LogP contribution in [0.4, 0.5) is 0 Å². The molecule has 0 rings (SSSR count). The summed E-state index contributed by atoms with van der Waals surface area (Å²) in [5.41, 5.74) is 0. The van der Waals surface area contributed by atoms with Crippen LogP contribution in [0.5, 0.6) is 0 Å². The summed E-state index contributed by atoms with van der Waals surface area (Å²) in [6, 6.07) is 0. The molecule has 0 fully saturated rings. The summed E-state index contributed by atoms with van der Waals surface area (Å²) in [5.74, 6) is 0.656. The Hall–Kier alpha value is 0.210. The Morgan fingerprint density at radius 3 is 2.21 bits per heavy atom. The molecule has 1 atom stereocenters. The Bertz CT molecular complexity index is 124. The van der Waals surface area contributed by atoms with E-state index in [-0.39, 0.29) is 5.38 Å². The van der Waals surface area contributed by atoms with Crippen LogP contribution in [-0.2, 0) is 0 Å². The van der Waals surface area contributed by atoms with Crippen molar-refractivity contribution in [1.29, 1.82) is 0 Å². The molecule has 0 aliphatic heterocycles. The lowest BCUT2D eigenvalue weighted by molar-refractivity contribution is 0.388. The summed E-state index contributed by atoms with van der Waals surface area (Å²) in [4.78, 5) is 2.17. The van der Waals surface area contributed by atoms with E-state index in [1.807, 2.05) is 0 Å². The largest absolute Gasteiger partial charge is 0.314 e. The number of halogens is 1. The molecule has 0 spiro atoms. The van der Waals surface area contributed by atoms with Gasteiger partial charge in [-0.25, -0.2) is 0 Å². The standard InChI is InChI=1S/C11H25ClN2/c1-5-10(6-2)11(12)9-13-7-8-14(3)4/h10-11,13H,5-9H2,1-4H3. The van der Waals surface area contributed by atoms with Crippen molar-refractivity contribution < 1.29 is 0 Å². The average molecular weight is 221 g/mol. The van der Waals surface area contributed by atoms with Crippen LogP contribution >= 0.6 is 11.6 Å². The fourth-order valence-corrected chi connectivity index (χ4v) is 1.97. The van der Waals surface area contributed by atoms with Crippen LogP contribution in [-0.4, -0.2) is 44.0 Å². The third-order valence-corrected chi connectivity index (χ3v) is 3.15.